The molecule has 1 aromatic heterocycles. The van der Waals surface area contributed by atoms with Crippen LogP contribution in [-0.4, -0.2) is 24.2 Å². The van der Waals surface area contributed by atoms with Gasteiger partial charge in [-0.2, -0.15) is 0 Å². The molecule has 0 N–H and O–H groups in total. The number of ether oxygens (including phenoxy) is 3. The molecule has 1 heterocycles. The number of nitrogens with zero attached hydrogens (tertiary/aromatic N) is 1. The van der Waals surface area contributed by atoms with Crippen LogP contribution in [-0.2, 0) is 9.53 Å². The highest BCUT2D eigenvalue weighted by Crippen LogP contribution is 2.29. The van der Waals surface area contributed by atoms with Crippen molar-refractivity contribution in [1.82, 2.24) is 4.98 Å². The van der Waals surface area contributed by atoms with Crippen LogP contribution in [0, 0.1) is 6.92 Å². The number of aryl methyl sites for hydroxylation is 1. The molecule has 168 valence electrons. The normalized spacial score (nSPS) is 11.9. The quantitative estimate of drug-likeness (QED) is 0.294. The van der Waals surface area contributed by atoms with Crippen molar-refractivity contribution < 1.29 is 19.0 Å². The van der Waals surface area contributed by atoms with E-state index in [9.17, 15) is 4.79 Å². The fourth-order valence-electron chi connectivity index (χ4n) is 3.36. The van der Waals surface area contributed by atoms with Crippen LogP contribution in [0.5, 0.6) is 11.5 Å². The fraction of sp³-hybridized carbons (Fsp3) is 0.333. The molecule has 0 fully saturated rings. The van der Waals surface area contributed by atoms with Gasteiger partial charge in [-0.1, -0.05) is 44.2 Å². The van der Waals surface area contributed by atoms with Crippen LogP contribution in [0.15, 0.2) is 60.7 Å². The van der Waals surface area contributed by atoms with Gasteiger partial charge >= 0.3 is 5.97 Å². The Morgan fingerprint density at radius 3 is 2.41 bits per heavy atom. The van der Waals surface area contributed by atoms with E-state index in [1.165, 1.54) is 12.5 Å². The summed E-state index contributed by atoms with van der Waals surface area (Å²) in [5.41, 5.74) is 4.87. The SMILES string of the molecule is CCOC[C@@H](Oc1ccc(OC(C)=O)c(C)c1)c1cccc(-c2ccc(C(C)C)cc2)n1. The Labute approximate surface area is 190 Å². The van der Waals surface area contributed by atoms with Gasteiger partial charge in [0.25, 0.3) is 0 Å². The Morgan fingerprint density at radius 1 is 1.03 bits per heavy atom. The van der Waals surface area contributed by atoms with Gasteiger partial charge in [0, 0.05) is 19.1 Å². The molecule has 1 atom stereocenters. The lowest BCUT2D eigenvalue weighted by atomic mass is 10.0. The van der Waals surface area contributed by atoms with Gasteiger partial charge < -0.3 is 14.2 Å². The first-order valence-corrected chi connectivity index (χ1v) is 11.0. The van der Waals surface area contributed by atoms with Gasteiger partial charge in [-0.25, -0.2) is 4.98 Å². The maximum atomic E-state index is 11.3. The molecule has 3 aromatic rings. The summed E-state index contributed by atoms with van der Waals surface area (Å²) in [5.74, 6) is 1.33. The van der Waals surface area contributed by atoms with Gasteiger partial charge in [0.15, 0.2) is 6.10 Å². The highest BCUT2D eigenvalue weighted by Gasteiger charge is 2.17. The molecular weight excluding hydrogens is 402 g/mol. The van der Waals surface area contributed by atoms with Crippen LogP contribution in [0.4, 0.5) is 0 Å². The first kappa shape index (κ1) is 23.5. The summed E-state index contributed by atoms with van der Waals surface area (Å²) >= 11 is 0. The Kier molecular flexibility index (Phi) is 8.01. The zero-order valence-corrected chi connectivity index (χ0v) is 19.4. The van der Waals surface area contributed by atoms with Gasteiger partial charge in [0.2, 0.25) is 0 Å². The van der Waals surface area contributed by atoms with Crippen molar-refractivity contribution in [1.29, 1.82) is 0 Å². The average Bonchev–Trinajstić information content (AvgIpc) is 2.78. The lowest BCUT2D eigenvalue weighted by molar-refractivity contribution is -0.131. The summed E-state index contributed by atoms with van der Waals surface area (Å²) in [7, 11) is 0. The molecule has 0 bridgehead atoms. The summed E-state index contributed by atoms with van der Waals surface area (Å²) in [5, 5.41) is 0. The second-order valence-corrected chi connectivity index (χ2v) is 8.01. The standard InChI is InChI=1S/C27H31NO4/c1-6-30-17-27(32-23-14-15-26(19(4)16-23)31-20(5)29)25-9-7-8-24(28-25)22-12-10-21(11-13-22)18(2)3/h7-16,18,27H,6,17H2,1-5H3/t27-/m1/s1. The molecule has 0 aliphatic heterocycles. The third kappa shape index (κ3) is 6.17. The molecule has 0 aliphatic rings. The summed E-state index contributed by atoms with van der Waals surface area (Å²) < 4.78 is 17.1. The van der Waals surface area contributed by atoms with Gasteiger partial charge in [0.05, 0.1) is 18.0 Å². The number of rotatable bonds is 9. The minimum Gasteiger partial charge on any atom is -0.482 e. The molecule has 0 saturated heterocycles. The van der Waals surface area contributed by atoms with Crippen molar-refractivity contribution in [2.75, 3.05) is 13.2 Å². The minimum atomic E-state index is -0.371. The van der Waals surface area contributed by atoms with Gasteiger partial charge in [-0.05, 0) is 61.2 Å². The Hall–Kier alpha value is -3.18. The molecule has 0 aliphatic carbocycles. The second-order valence-electron chi connectivity index (χ2n) is 8.01. The van der Waals surface area contributed by atoms with Crippen molar-refractivity contribution in [2.24, 2.45) is 0 Å². The largest absolute Gasteiger partial charge is 0.482 e. The molecule has 0 radical (unpaired) electrons. The second kappa shape index (κ2) is 10.9. The Bertz CT molecular complexity index is 1040. The first-order chi connectivity index (χ1) is 15.4. The Balaban J connectivity index is 1.85. The molecule has 0 spiro atoms. The number of hydrogen-bond acceptors (Lipinski definition) is 5. The third-order valence-corrected chi connectivity index (χ3v) is 5.13. The molecule has 0 unspecified atom stereocenters. The van der Waals surface area contributed by atoms with Crippen LogP contribution in [0.25, 0.3) is 11.3 Å². The number of hydrogen-bond donors (Lipinski definition) is 0. The number of esters is 1. The first-order valence-electron chi connectivity index (χ1n) is 11.0. The summed E-state index contributed by atoms with van der Waals surface area (Å²) in [4.78, 5) is 16.1. The highest BCUT2D eigenvalue weighted by atomic mass is 16.5. The summed E-state index contributed by atoms with van der Waals surface area (Å²) in [6.45, 7) is 10.5. The van der Waals surface area contributed by atoms with Crippen LogP contribution in [0.2, 0.25) is 0 Å². The van der Waals surface area contributed by atoms with E-state index in [4.69, 9.17) is 19.2 Å². The predicted octanol–water partition coefficient (Wildman–Crippen LogP) is 6.26. The van der Waals surface area contributed by atoms with Crippen molar-refractivity contribution in [3.05, 3.63) is 77.5 Å². The van der Waals surface area contributed by atoms with Crippen LogP contribution >= 0.6 is 0 Å². The molecular formula is C27H31NO4. The van der Waals surface area contributed by atoms with Crippen LogP contribution in [0.1, 0.15) is 56.5 Å². The van der Waals surface area contributed by atoms with Crippen molar-refractivity contribution in [3.8, 4) is 22.8 Å². The van der Waals surface area contributed by atoms with Gasteiger partial charge in [-0.15, -0.1) is 0 Å². The molecule has 5 heteroatoms. The lowest BCUT2D eigenvalue weighted by Crippen LogP contribution is -2.16. The van der Waals surface area contributed by atoms with E-state index < -0.39 is 0 Å². The minimum absolute atomic E-state index is 0.349. The molecule has 2 aromatic carbocycles. The monoisotopic (exact) mass is 433 g/mol. The topological polar surface area (TPSA) is 57.7 Å². The van der Waals surface area contributed by atoms with E-state index in [-0.39, 0.29) is 12.1 Å². The number of carbonyl (C=O) groups is 1. The molecule has 32 heavy (non-hydrogen) atoms. The molecule has 0 amide bonds. The van der Waals surface area contributed by atoms with Gasteiger partial charge in [0.1, 0.15) is 11.5 Å². The highest BCUT2D eigenvalue weighted by molar-refractivity contribution is 5.70. The van der Waals surface area contributed by atoms with E-state index in [1.807, 2.05) is 38.1 Å². The van der Waals surface area contributed by atoms with Crippen molar-refractivity contribution in [3.63, 3.8) is 0 Å². The summed E-state index contributed by atoms with van der Waals surface area (Å²) in [6.07, 6.45) is -0.371. The molecule has 5 nitrogen and oxygen atoms in total. The number of benzene rings is 2. The average molecular weight is 434 g/mol. The predicted molar refractivity (Wildman–Crippen MR) is 126 cm³/mol. The van der Waals surface area contributed by atoms with Crippen molar-refractivity contribution in [2.45, 2.75) is 46.6 Å². The molecule has 0 saturated carbocycles. The third-order valence-electron chi connectivity index (χ3n) is 5.13. The van der Waals surface area contributed by atoms with Crippen LogP contribution in [0.3, 0.4) is 0 Å². The smallest absolute Gasteiger partial charge is 0.308 e. The zero-order chi connectivity index (χ0) is 23.1. The van der Waals surface area contributed by atoms with E-state index >= 15 is 0 Å². The maximum Gasteiger partial charge on any atom is 0.308 e. The van der Waals surface area contributed by atoms with Gasteiger partial charge in [-0.3, -0.25) is 4.79 Å². The number of aromatic nitrogens is 1. The summed E-state index contributed by atoms with van der Waals surface area (Å²) in [6, 6.07) is 19.8. The van der Waals surface area contributed by atoms with Crippen LogP contribution < -0.4 is 9.47 Å². The molecule has 3 rings (SSSR count). The lowest BCUT2D eigenvalue weighted by Gasteiger charge is -2.20. The number of carbonyl (C=O) groups excluding carboxylic acids is 1. The van der Waals surface area contributed by atoms with Crippen molar-refractivity contribution >= 4 is 5.97 Å². The Morgan fingerprint density at radius 2 is 1.78 bits per heavy atom. The zero-order valence-electron chi connectivity index (χ0n) is 19.4. The maximum absolute atomic E-state index is 11.3. The van der Waals surface area contributed by atoms with E-state index in [0.29, 0.717) is 30.6 Å². The number of pyridine rings is 1. The van der Waals surface area contributed by atoms with E-state index in [2.05, 4.69) is 38.1 Å². The van der Waals surface area contributed by atoms with E-state index in [0.717, 1.165) is 22.5 Å². The van der Waals surface area contributed by atoms with E-state index in [1.54, 1.807) is 12.1 Å². The fourth-order valence-corrected chi connectivity index (χ4v) is 3.36.